The number of nitrogens with zero attached hydrogens (tertiary/aromatic N) is 3. The molecule has 8 heteroatoms. The topological polar surface area (TPSA) is 84.4 Å². The monoisotopic (exact) mass is 346 g/mol. The molecule has 0 aliphatic heterocycles. The molecule has 7 nitrogen and oxygen atoms in total. The first-order valence-corrected chi connectivity index (χ1v) is 8.50. The first kappa shape index (κ1) is 16.3. The van der Waals surface area contributed by atoms with Crippen LogP contribution in [0.15, 0.2) is 38.9 Å². The summed E-state index contributed by atoms with van der Waals surface area (Å²) in [7, 11) is 0. The van der Waals surface area contributed by atoms with Gasteiger partial charge in [0.1, 0.15) is 5.76 Å². The van der Waals surface area contributed by atoms with Crippen molar-refractivity contribution in [2.75, 3.05) is 18.4 Å². The second kappa shape index (κ2) is 7.31. The van der Waals surface area contributed by atoms with E-state index in [9.17, 15) is 4.79 Å². The van der Waals surface area contributed by atoms with Gasteiger partial charge in [0.15, 0.2) is 11.6 Å². The van der Waals surface area contributed by atoms with Gasteiger partial charge in [-0.15, -0.1) is 11.3 Å². The average Bonchev–Trinajstić information content (AvgIpc) is 3.29. The Morgan fingerprint density at radius 3 is 3.00 bits per heavy atom. The number of aromatic nitrogens is 2. The second-order valence-corrected chi connectivity index (χ2v) is 6.13. The van der Waals surface area contributed by atoms with Crippen LogP contribution < -0.4 is 5.32 Å². The van der Waals surface area contributed by atoms with E-state index >= 15 is 0 Å². The van der Waals surface area contributed by atoms with E-state index in [4.69, 9.17) is 8.94 Å². The van der Waals surface area contributed by atoms with Gasteiger partial charge in [0.05, 0.1) is 16.8 Å². The summed E-state index contributed by atoms with van der Waals surface area (Å²) >= 11 is 1.59. The van der Waals surface area contributed by atoms with E-state index in [2.05, 4.69) is 15.5 Å². The molecule has 0 fully saturated rings. The number of urea groups is 1. The number of hydrogen-bond acceptors (Lipinski definition) is 6. The Balaban J connectivity index is 1.61. The van der Waals surface area contributed by atoms with Crippen LogP contribution in [0.5, 0.6) is 0 Å². The molecule has 0 aliphatic rings. The maximum atomic E-state index is 12.4. The molecule has 3 aromatic rings. The molecule has 24 heavy (non-hydrogen) atoms. The summed E-state index contributed by atoms with van der Waals surface area (Å²) in [5, 5.41) is 9.60. The number of aryl methyl sites for hydroxylation is 1. The van der Waals surface area contributed by atoms with Gasteiger partial charge in [-0.2, -0.15) is 0 Å². The van der Waals surface area contributed by atoms with Crippen molar-refractivity contribution in [1.82, 2.24) is 15.0 Å². The van der Waals surface area contributed by atoms with E-state index < -0.39 is 0 Å². The molecule has 0 atom stereocenters. The number of likely N-dealkylation sites (N-methyl/N-ethyl adjacent to an activating group) is 1. The zero-order chi connectivity index (χ0) is 16.9. The Hall–Kier alpha value is -2.61. The lowest BCUT2D eigenvalue weighted by Gasteiger charge is -2.19. The summed E-state index contributed by atoms with van der Waals surface area (Å²) in [6.07, 6.45) is 4.09. The first-order valence-electron chi connectivity index (χ1n) is 7.63. The van der Waals surface area contributed by atoms with Crippen molar-refractivity contribution in [1.29, 1.82) is 0 Å². The molecule has 2 amide bonds. The lowest BCUT2D eigenvalue weighted by atomic mass is 10.2. The highest BCUT2D eigenvalue weighted by molar-refractivity contribution is 7.09. The quantitative estimate of drug-likeness (QED) is 0.734. The molecule has 3 heterocycles. The lowest BCUT2D eigenvalue weighted by Crippen LogP contribution is -2.36. The highest BCUT2D eigenvalue weighted by atomic mass is 32.1. The Morgan fingerprint density at radius 1 is 1.46 bits per heavy atom. The van der Waals surface area contributed by atoms with E-state index in [1.807, 2.05) is 19.2 Å². The van der Waals surface area contributed by atoms with Crippen molar-refractivity contribution in [3.8, 4) is 11.3 Å². The molecule has 126 valence electrons. The van der Waals surface area contributed by atoms with E-state index in [0.29, 0.717) is 24.7 Å². The predicted molar refractivity (Wildman–Crippen MR) is 91.0 cm³/mol. The van der Waals surface area contributed by atoms with Crippen molar-refractivity contribution < 1.29 is 13.7 Å². The zero-order valence-electron chi connectivity index (χ0n) is 13.5. The van der Waals surface area contributed by atoms with Gasteiger partial charge in [-0.05, 0) is 19.9 Å². The average molecular weight is 346 g/mol. The summed E-state index contributed by atoms with van der Waals surface area (Å²) < 4.78 is 10.5. The zero-order valence-corrected chi connectivity index (χ0v) is 14.3. The summed E-state index contributed by atoms with van der Waals surface area (Å²) in [5.74, 6) is 1.67. The molecule has 0 saturated heterocycles. The first-order chi connectivity index (χ1) is 11.7. The van der Waals surface area contributed by atoms with Gasteiger partial charge in [0.25, 0.3) is 0 Å². The molecule has 3 rings (SSSR count). The van der Waals surface area contributed by atoms with E-state index in [1.165, 1.54) is 0 Å². The maximum absolute atomic E-state index is 12.4. The molecular weight excluding hydrogens is 328 g/mol. The third kappa shape index (κ3) is 3.65. The number of amides is 2. The van der Waals surface area contributed by atoms with Crippen LogP contribution in [0.1, 0.15) is 17.7 Å². The van der Waals surface area contributed by atoms with Gasteiger partial charge in [0, 0.05) is 37.2 Å². The Morgan fingerprint density at radius 2 is 2.33 bits per heavy atom. The summed E-state index contributed by atoms with van der Waals surface area (Å²) in [5.41, 5.74) is 0.819. The summed E-state index contributed by atoms with van der Waals surface area (Å²) in [6.45, 7) is 4.97. The van der Waals surface area contributed by atoms with Gasteiger partial charge >= 0.3 is 6.03 Å². The predicted octanol–water partition coefficient (Wildman–Crippen LogP) is 3.80. The number of nitrogens with one attached hydrogen (secondary N) is 1. The third-order valence-corrected chi connectivity index (χ3v) is 4.46. The van der Waals surface area contributed by atoms with Crippen LogP contribution in [-0.4, -0.2) is 34.2 Å². The van der Waals surface area contributed by atoms with Crippen molar-refractivity contribution in [3.05, 3.63) is 40.7 Å². The highest BCUT2D eigenvalue weighted by Gasteiger charge is 2.16. The summed E-state index contributed by atoms with van der Waals surface area (Å²) in [4.78, 5) is 18.3. The summed E-state index contributed by atoms with van der Waals surface area (Å²) in [6, 6.07) is 3.27. The minimum Gasteiger partial charge on any atom is -0.469 e. The number of carbonyl (C=O) groups excluding carboxylic acids is 1. The van der Waals surface area contributed by atoms with Crippen LogP contribution in [0.2, 0.25) is 0 Å². The number of furan rings is 1. The van der Waals surface area contributed by atoms with Gasteiger partial charge in [-0.1, -0.05) is 5.16 Å². The third-order valence-electron chi connectivity index (χ3n) is 3.62. The smallest absolute Gasteiger partial charge is 0.323 e. The number of anilines is 1. The number of carbonyl (C=O) groups is 1. The van der Waals surface area contributed by atoms with E-state index in [1.54, 1.807) is 40.8 Å². The van der Waals surface area contributed by atoms with Crippen LogP contribution in [0.25, 0.3) is 11.3 Å². The van der Waals surface area contributed by atoms with Crippen molar-refractivity contribution >= 4 is 23.2 Å². The van der Waals surface area contributed by atoms with Gasteiger partial charge in [-0.3, -0.25) is 5.32 Å². The van der Waals surface area contributed by atoms with Gasteiger partial charge in [-0.25, -0.2) is 9.78 Å². The fourth-order valence-electron chi connectivity index (χ4n) is 2.30. The van der Waals surface area contributed by atoms with Crippen molar-refractivity contribution in [2.45, 2.75) is 20.3 Å². The highest BCUT2D eigenvalue weighted by Crippen LogP contribution is 2.26. The molecule has 3 aromatic heterocycles. The van der Waals surface area contributed by atoms with Crippen LogP contribution >= 0.6 is 11.3 Å². The molecule has 0 aromatic carbocycles. The lowest BCUT2D eigenvalue weighted by molar-refractivity contribution is 0.215. The molecular formula is C16H18N4O3S. The van der Waals surface area contributed by atoms with Gasteiger partial charge < -0.3 is 13.8 Å². The Kier molecular flexibility index (Phi) is 4.95. The molecule has 0 unspecified atom stereocenters. The van der Waals surface area contributed by atoms with Crippen LogP contribution in [0, 0.1) is 6.92 Å². The SMILES string of the molecule is CCN(CCc1nccs1)C(=O)Nc1cc(-c2ccoc2C)on1. The fraction of sp³-hybridized carbons (Fsp3) is 0.312. The molecule has 0 aliphatic carbocycles. The molecule has 1 N–H and O–H groups in total. The van der Waals surface area contributed by atoms with Crippen LogP contribution in [-0.2, 0) is 6.42 Å². The molecule has 0 spiro atoms. The van der Waals surface area contributed by atoms with E-state index in [0.717, 1.165) is 22.8 Å². The van der Waals surface area contributed by atoms with Gasteiger partial charge in [0.2, 0.25) is 0 Å². The molecule has 0 saturated carbocycles. The van der Waals surface area contributed by atoms with Crippen LogP contribution in [0.4, 0.5) is 10.6 Å². The normalized spacial score (nSPS) is 10.8. The largest absolute Gasteiger partial charge is 0.469 e. The van der Waals surface area contributed by atoms with Crippen molar-refractivity contribution in [2.24, 2.45) is 0 Å². The maximum Gasteiger partial charge on any atom is 0.323 e. The number of rotatable bonds is 6. The van der Waals surface area contributed by atoms with Crippen LogP contribution in [0.3, 0.4) is 0 Å². The molecule has 0 radical (unpaired) electrons. The minimum absolute atomic E-state index is 0.210. The Labute approximate surface area is 143 Å². The van der Waals surface area contributed by atoms with Crippen molar-refractivity contribution in [3.63, 3.8) is 0 Å². The Bertz CT molecular complexity index is 794. The van der Waals surface area contributed by atoms with E-state index in [-0.39, 0.29) is 6.03 Å². The fourth-order valence-corrected chi connectivity index (χ4v) is 2.91. The second-order valence-electron chi connectivity index (χ2n) is 5.15. The minimum atomic E-state index is -0.210. The molecule has 0 bridgehead atoms. The standard InChI is InChI=1S/C16H18N4O3S/c1-3-20(7-4-15-17-6-9-24-15)16(21)18-14-10-13(23-19-14)12-5-8-22-11(12)2/h5-6,8-10H,3-4,7H2,1-2H3,(H,18,19,21). The number of hydrogen-bond donors (Lipinski definition) is 1. The number of thiazole rings is 1.